The number of ketones is 2. The van der Waals surface area contributed by atoms with Crippen molar-refractivity contribution in [3.8, 4) is 0 Å². The molecule has 0 bridgehead atoms. The third-order valence-electron chi connectivity index (χ3n) is 6.42. The van der Waals surface area contributed by atoms with Crippen molar-refractivity contribution in [1.29, 1.82) is 0 Å². The van der Waals surface area contributed by atoms with Gasteiger partial charge in [0.1, 0.15) is 0 Å². The van der Waals surface area contributed by atoms with E-state index >= 15 is 0 Å². The molecule has 0 radical (unpaired) electrons. The Morgan fingerprint density at radius 3 is 1.11 bits per heavy atom. The van der Waals surface area contributed by atoms with E-state index in [4.69, 9.17) is 9.78 Å². The molecule has 4 rings (SSSR count). The molecule has 0 atom stereocenters. The molecule has 0 saturated heterocycles. The predicted molar refractivity (Wildman–Crippen MR) is 142 cm³/mol. The molecule has 0 amide bonds. The third kappa shape index (κ3) is 5.44. The standard InChI is InChI=1S/C32H26O6/c1-19-11-15-23(16-12-19)29(33)25-7-5-9-27(21(25)3)31(35)37-38-32(36)28-10-6-8-26(22(28)4)30(34)24-17-13-20(2)14-18-24/h5-18H,1-4H3. The molecule has 0 saturated carbocycles. The molecule has 0 fully saturated rings. The van der Waals surface area contributed by atoms with Gasteiger partial charge in [-0.25, -0.2) is 19.4 Å². The zero-order chi connectivity index (χ0) is 27.4. The summed E-state index contributed by atoms with van der Waals surface area (Å²) in [6, 6.07) is 23.6. The van der Waals surface area contributed by atoms with Gasteiger partial charge in [0.2, 0.25) is 0 Å². The highest BCUT2D eigenvalue weighted by atomic mass is 17.2. The molecule has 0 unspecified atom stereocenters. The normalized spacial score (nSPS) is 10.5. The summed E-state index contributed by atoms with van der Waals surface area (Å²) in [5.74, 6) is -2.31. The van der Waals surface area contributed by atoms with E-state index in [1.165, 1.54) is 12.1 Å². The van der Waals surface area contributed by atoms with Gasteiger partial charge in [0, 0.05) is 22.3 Å². The fourth-order valence-corrected chi connectivity index (χ4v) is 4.09. The highest BCUT2D eigenvalue weighted by Crippen LogP contribution is 2.21. The minimum Gasteiger partial charge on any atom is -0.289 e. The summed E-state index contributed by atoms with van der Waals surface area (Å²) in [5, 5.41) is 0. The number of hydrogen-bond acceptors (Lipinski definition) is 6. The average molecular weight is 507 g/mol. The van der Waals surface area contributed by atoms with Gasteiger partial charge in [0.05, 0.1) is 11.1 Å². The van der Waals surface area contributed by atoms with Gasteiger partial charge in [0.15, 0.2) is 11.6 Å². The van der Waals surface area contributed by atoms with Gasteiger partial charge < -0.3 is 0 Å². The topological polar surface area (TPSA) is 86.7 Å². The Balaban J connectivity index is 1.49. The summed E-state index contributed by atoms with van der Waals surface area (Å²) in [7, 11) is 0. The first-order valence-electron chi connectivity index (χ1n) is 12.0. The minimum absolute atomic E-state index is 0.0933. The van der Waals surface area contributed by atoms with Crippen molar-refractivity contribution in [1.82, 2.24) is 0 Å². The fraction of sp³-hybridized carbons (Fsp3) is 0.125. The van der Waals surface area contributed by atoms with Crippen molar-refractivity contribution >= 4 is 23.5 Å². The van der Waals surface area contributed by atoms with Crippen LogP contribution in [0.4, 0.5) is 0 Å². The van der Waals surface area contributed by atoms with E-state index in [2.05, 4.69) is 0 Å². The van der Waals surface area contributed by atoms with Crippen molar-refractivity contribution in [2.24, 2.45) is 0 Å². The molecule has 0 N–H and O–H groups in total. The molecular formula is C32H26O6. The number of aryl methyl sites for hydroxylation is 2. The molecule has 6 nitrogen and oxygen atoms in total. The summed E-state index contributed by atoms with van der Waals surface area (Å²) in [6.45, 7) is 7.11. The molecule has 0 aliphatic heterocycles. The zero-order valence-electron chi connectivity index (χ0n) is 21.5. The van der Waals surface area contributed by atoms with Gasteiger partial charge in [0.25, 0.3) is 0 Å². The Morgan fingerprint density at radius 2 is 0.763 bits per heavy atom. The lowest BCUT2D eigenvalue weighted by Gasteiger charge is -2.11. The molecule has 0 heterocycles. The number of carbonyl (C=O) groups is 4. The van der Waals surface area contributed by atoms with Crippen molar-refractivity contribution < 1.29 is 29.0 Å². The lowest BCUT2D eigenvalue weighted by Crippen LogP contribution is -2.16. The van der Waals surface area contributed by atoms with Crippen LogP contribution in [-0.4, -0.2) is 23.5 Å². The van der Waals surface area contributed by atoms with E-state index < -0.39 is 11.9 Å². The SMILES string of the molecule is Cc1ccc(C(=O)c2cccc(C(=O)OOC(=O)c3cccc(C(=O)c4ccc(C)cc4)c3C)c2C)cc1. The molecule has 4 aromatic carbocycles. The van der Waals surface area contributed by atoms with Crippen molar-refractivity contribution in [2.45, 2.75) is 27.7 Å². The van der Waals surface area contributed by atoms with Crippen LogP contribution in [0, 0.1) is 27.7 Å². The lowest BCUT2D eigenvalue weighted by atomic mass is 9.95. The Kier molecular flexibility index (Phi) is 7.63. The van der Waals surface area contributed by atoms with Gasteiger partial charge >= 0.3 is 11.9 Å². The molecule has 0 aromatic heterocycles. The maximum atomic E-state index is 13.0. The van der Waals surface area contributed by atoms with Gasteiger partial charge in [-0.1, -0.05) is 83.9 Å². The monoisotopic (exact) mass is 506 g/mol. The van der Waals surface area contributed by atoms with Crippen LogP contribution in [0.15, 0.2) is 84.9 Å². The highest BCUT2D eigenvalue weighted by Gasteiger charge is 2.23. The zero-order valence-corrected chi connectivity index (χ0v) is 21.5. The third-order valence-corrected chi connectivity index (χ3v) is 6.42. The second kappa shape index (κ2) is 11.0. The Bertz CT molecular complexity index is 1430. The van der Waals surface area contributed by atoms with Crippen LogP contribution in [-0.2, 0) is 9.78 Å². The quantitative estimate of drug-likeness (QED) is 0.173. The molecular weight excluding hydrogens is 480 g/mol. The Hall–Kier alpha value is -4.84. The first-order valence-corrected chi connectivity index (χ1v) is 12.0. The van der Waals surface area contributed by atoms with E-state index in [1.54, 1.807) is 62.4 Å². The summed E-state index contributed by atoms with van der Waals surface area (Å²) in [4.78, 5) is 61.2. The molecule has 4 aromatic rings. The smallest absolute Gasteiger partial charge is 0.289 e. The summed E-state index contributed by atoms with van der Waals surface area (Å²) in [6.07, 6.45) is 0. The van der Waals surface area contributed by atoms with E-state index in [0.717, 1.165) is 11.1 Å². The number of carbonyl (C=O) groups excluding carboxylic acids is 4. The van der Waals surface area contributed by atoms with Crippen LogP contribution < -0.4 is 0 Å². The van der Waals surface area contributed by atoms with Crippen LogP contribution >= 0.6 is 0 Å². The second-order valence-electron chi connectivity index (χ2n) is 9.09. The second-order valence-corrected chi connectivity index (χ2v) is 9.09. The summed E-state index contributed by atoms with van der Waals surface area (Å²) >= 11 is 0. The average Bonchev–Trinajstić information content (AvgIpc) is 2.92. The maximum Gasteiger partial charge on any atom is 0.386 e. The molecule has 190 valence electrons. The van der Waals surface area contributed by atoms with Crippen LogP contribution in [0.3, 0.4) is 0 Å². The van der Waals surface area contributed by atoms with Crippen LogP contribution in [0.2, 0.25) is 0 Å². The summed E-state index contributed by atoms with van der Waals surface area (Å²) in [5.41, 5.74) is 4.71. The molecule has 0 aliphatic carbocycles. The molecule has 0 spiro atoms. The molecule has 6 heteroatoms. The number of rotatable bonds is 6. The van der Waals surface area contributed by atoms with Crippen molar-refractivity contribution in [3.63, 3.8) is 0 Å². The van der Waals surface area contributed by atoms with Gasteiger partial charge in [-0.05, 0) is 51.0 Å². The number of benzene rings is 4. The van der Waals surface area contributed by atoms with E-state index in [0.29, 0.717) is 33.4 Å². The van der Waals surface area contributed by atoms with E-state index in [9.17, 15) is 19.2 Å². The van der Waals surface area contributed by atoms with Crippen LogP contribution in [0.5, 0.6) is 0 Å². The Labute approximate surface area is 220 Å². The van der Waals surface area contributed by atoms with Gasteiger partial charge in [-0.2, -0.15) is 0 Å². The first kappa shape index (κ1) is 26.2. The van der Waals surface area contributed by atoms with E-state index in [1.807, 2.05) is 38.1 Å². The molecule has 0 aliphatic rings. The molecule has 38 heavy (non-hydrogen) atoms. The van der Waals surface area contributed by atoms with Gasteiger partial charge in [-0.15, -0.1) is 0 Å². The largest absolute Gasteiger partial charge is 0.386 e. The van der Waals surface area contributed by atoms with Crippen molar-refractivity contribution in [2.75, 3.05) is 0 Å². The van der Waals surface area contributed by atoms with Crippen LogP contribution in [0.25, 0.3) is 0 Å². The predicted octanol–water partition coefficient (Wildman–Crippen LogP) is 6.31. The highest BCUT2D eigenvalue weighted by molar-refractivity contribution is 6.12. The Morgan fingerprint density at radius 1 is 0.447 bits per heavy atom. The van der Waals surface area contributed by atoms with Crippen LogP contribution in [0.1, 0.15) is 74.8 Å². The minimum atomic E-state index is -0.918. The first-order chi connectivity index (χ1) is 18.2. The van der Waals surface area contributed by atoms with Gasteiger partial charge in [-0.3, -0.25) is 9.59 Å². The fourth-order valence-electron chi connectivity index (χ4n) is 4.09. The number of hydrogen-bond donors (Lipinski definition) is 0. The van der Waals surface area contributed by atoms with E-state index in [-0.39, 0.29) is 22.7 Å². The lowest BCUT2D eigenvalue weighted by molar-refractivity contribution is -0.187. The summed E-state index contributed by atoms with van der Waals surface area (Å²) < 4.78 is 0. The van der Waals surface area contributed by atoms with Crippen molar-refractivity contribution in [3.05, 3.63) is 141 Å². The maximum absolute atomic E-state index is 13.0.